The lowest BCUT2D eigenvalue weighted by atomic mass is 10.2. The van der Waals surface area contributed by atoms with Gasteiger partial charge in [0.15, 0.2) is 5.11 Å². The van der Waals surface area contributed by atoms with Gasteiger partial charge in [-0.25, -0.2) is 0 Å². The average molecular weight is 304 g/mol. The molecule has 0 spiro atoms. The second-order valence-corrected chi connectivity index (χ2v) is 5.15. The van der Waals surface area contributed by atoms with Crippen LogP contribution in [0.25, 0.3) is 0 Å². The lowest BCUT2D eigenvalue weighted by Gasteiger charge is -2.14. The van der Waals surface area contributed by atoms with Gasteiger partial charge in [-0.2, -0.15) is 5.10 Å². The fourth-order valence-corrected chi connectivity index (χ4v) is 2.30. The number of benzene rings is 1. The second kappa shape index (κ2) is 6.58. The van der Waals surface area contributed by atoms with Crippen LogP contribution in [0.15, 0.2) is 24.4 Å². The molecule has 1 aromatic carbocycles. The van der Waals surface area contributed by atoms with Crippen molar-refractivity contribution in [2.45, 2.75) is 27.3 Å². The Kier molecular flexibility index (Phi) is 4.80. The van der Waals surface area contributed by atoms with Gasteiger partial charge in [0.2, 0.25) is 0 Å². The zero-order chi connectivity index (χ0) is 15.4. The third kappa shape index (κ3) is 3.52. The molecule has 5 nitrogen and oxygen atoms in total. The van der Waals surface area contributed by atoms with E-state index in [1.54, 1.807) is 13.3 Å². The molecule has 0 fully saturated rings. The summed E-state index contributed by atoms with van der Waals surface area (Å²) in [6.07, 6.45) is 1.78. The van der Waals surface area contributed by atoms with E-state index in [0.29, 0.717) is 5.11 Å². The van der Waals surface area contributed by atoms with E-state index in [2.05, 4.69) is 22.7 Å². The summed E-state index contributed by atoms with van der Waals surface area (Å²) in [7, 11) is 1.64. The van der Waals surface area contributed by atoms with Crippen LogP contribution in [0.3, 0.4) is 0 Å². The van der Waals surface area contributed by atoms with Crippen molar-refractivity contribution in [2.75, 3.05) is 17.7 Å². The fourth-order valence-electron chi connectivity index (χ4n) is 2.08. The topological polar surface area (TPSA) is 51.1 Å². The molecule has 1 heterocycles. The highest BCUT2D eigenvalue weighted by Gasteiger charge is 2.09. The van der Waals surface area contributed by atoms with Gasteiger partial charge in [-0.15, -0.1) is 0 Å². The number of hydrogen-bond acceptors (Lipinski definition) is 3. The lowest BCUT2D eigenvalue weighted by molar-refractivity contribution is 0.417. The maximum absolute atomic E-state index is 5.36. The van der Waals surface area contributed by atoms with Crippen molar-refractivity contribution < 1.29 is 4.74 Å². The highest BCUT2D eigenvalue weighted by atomic mass is 32.1. The summed E-state index contributed by atoms with van der Waals surface area (Å²) in [5, 5.41) is 11.1. The van der Waals surface area contributed by atoms with E-state index in [4.69, 9.17) is 17.0 Å². The standard InChI is InChI=1S/C15H20N4OS/c1-5-19-11(3)13(9-16-19)18-15(21)17-12-8-10(2)6-7-14(12)20-4/h6-9H,5H2,1-4H3,(H2,17,18,21). The van der Waals surface area contributed by atoms with Gasteiger partial charge in [0.05, 0.1) is 30.4 Å². The Balaban J connectivity index is 2.11. The van der Waals surface area contributed by atoms with Gasteiger partial charge in [0.1, 0.15) is 5.75 Å². The number of nitrogens with zero attached hydrogens (tertiary/aromatic N) is 2. The van der Waals surface area contributed by atoms with E-state index in [1.165, 1.54) is 0 Å². The number of thiocarbonyl (C=S) groups is 1. The van der Waals surface area contributed by atoms with Crippen LogP contribution >= 0.6 is 12.2 Å². The Morgan fingerprint density at radius 1 is 1.29 bits per heavy atom. The van der Waals surface area contributed by atoms with Crippen molar-refractivity contribution >= 4 is 28.7 Å². The number of ether oxygens (including phenoxy) is 1. The van der Waals surface area contributed by atoms with E-state index in [9.17, 15) is 0 Å². The normalized spacial score (nSPS) is 10.3. The predicted molar refractivity (Wildman–Crippen MR) is 90.2 cm³/mol. The van der Waals surface area contributed by atoms with E-state index in [-0.39, 0.29) is 0 Å². The number of nitrogens with one attached hydrogen (secondary N) is 2. The number of rotatable bonds is 4. The highest BCUT2D eigenvalue weighted by Crippen LogP contribution is 2.25. The monoisotopic (exact) mass is 304 g/mol. The molecule has 0 radical (unpaired) electrons. The van der Waals surface area contributed by atoms with Gasteiger partial charge in [0.25, 0.3) is 0 Å². The largest absolute Gasteiger partial charge is 0.495 e. The van der Waals surface area contributed by atoms with Crippen LogP contribution in [0.4, 0.5) is 11.4 Å². The number of aromatic nitrogens is 2. The molecule has 21 heavy (non-hydrogen) atoms. The number of aryl methyl sites for hydroxylation is 2. The molecule has 1 aromatic heterocycles. The Hall–Kier alpha value is -2.08. The molecule has 0 aliphatic carbocycles. The van der Waals surface area contributed by atoms with Gasteiger partial charge < -0.3 is 15.4 Å². The van der Waals surface area contributed by atoms with Crippen LogP contribution in [0, 0.1) is 13.8 Å². The van der Waals surface area contributed by atoms with Gasteiger partial charge in [-0.3, -0.25) is 4.68 Å². The van der Waals surface area contributed by atoms with Gasteiger partial charge in [0, 0.05) is 6.54 Å². The van der Waals surface area contributed by atoms with Crippen LogP contribution in [-0.2, 0) is 6.54 Å². The first kappa shape index (κ1) is 15.3. The van der Waals surface area contributed by atoms with Crippen LogP contribution in [0.2, 0.25) is 0 Å². The number of anilines is 2. The van der Waals surface area contributed by atoms with Crippen LogP contribution in [0.1, 0.15) is 18.2 Å². The molecule has 0 bridgehead atoms. The molecule has 0 saturated heterocycles. The Morgan fingerprint density at radius 3 is 2.62 bits per heavy atom. The molecule has 0 amide bonds. The second-order valence-electron chi connectivity index (χ2n) is 4.74. The van der Waals surface area contributed by atoms with Crippen LogP contribution in [0.5, 0.6) is 5.75 Å². The lowest BCUT2D eigenvalue weighted by Crippen LogP contribution is -2.20. The Bertz CT molecular complexity index is 651. The first-order valence-corrected chi connectivity index (χ1v) is 7.21. The quantitative estimate of drug-likeness (QED) is 0.849. The van der Waals surface area contributed by atoms with Crippen molar-refractivity contribution in [1.29, 1.82) is 0 Å². The van der Waals surface area contributed by atoms with E-state index >= 15 is 0 Å². The van der Waals surface area contributed by atoms with Crippen molar-refractivity contribution in [3.63, 3.8) is 0 Å². The molecule has 0 saturated carbocycles. The average Bonchev–Trinajstić information content (AvgIpc) is 2.79. The highest BCUT2D eigenvalue weighted by molar-refractivity contribution is 7.80. The molecule has 0 unspecified atom stereocenters. The summed E-state index contributed by atoms with van der Waals surface area (Å²) in [6.45, 7) is 6.92. The van der Waals surface area contributed by atoms with Crippen molar-refractivity contribution in [1.82, 2.24) is 9.78 Å². The minimum atomic E-state index is 0.512. The van der Waals surface area contributed by atoms with E-state index < -0.39 is 0 Å². The van der Waals surface area contributed by atoms with Crippen molar-refractivity contribution in [3.05, 3.63) is 35.7 Å². The first-order valence-electron chi connectivity index (χ1n) is 6.80. The maximum Gasteiger partial charge on any atom is 0.175 e. The summed E-state index contributed by atoms with van der Waals surface area (Å²) < 4.78 is 7.25. The van der Waals surface area contributed by atoms with Crippen LogP contribution in [-0.4, -0.2) is 22.0 Å². The molecular weight excluding hydrogens is 284 g/mol. The molecule has 0 aliphatic rings. The molecule has 0 aliphatic heterocycles. The Morgan fingerprint density at radius 2 is 2.00 bits per heavy atom. The zero-order valence-corrected chi connectivity index (χ0v) is 13.5. The molecule has 2 aromatic rings. The Labute approximate surface area is 130 Å². The third-order valence-corrected chi connectivity index (χ3v) is 3.46. The van der Waals surface area contributed by atoms with E-state index in [1.807, 2.05) is 36.7 Å². The summed E-state index contributed by atoms with van der Waals surface area (Å²) in [6, 6.07) is 5.91. The van der Waals surface area contributed by atoms with E-state index in [0.717, 1.165) is 34.9 Å². The maximum atomic E-state index is 5.36. The van der Waals surface area contributed by atoms with Gasteiger partial charge in [-0.1, -0.05) is 6.07 Å². The molecule has 2 rings (SSSR count). The number of methoxy groups -OCH3 is 1. The van der Waals surface area contributed by atoms with Crippen molar-refractivity contribution in [3.8, 4) is 5.75 Å². The molecule has 6 heteroatoms. The summed E-state index contributed by atoms with van der Waals surface area (Å²) in [4.78, 5) is 0. The minimum absolute atomic E-state index is 0.512. The molecule has 0 atom stereocenters. The third-order valence-electron chi connectivity index (χ3n) is 3.25. The smallest absolute Gasteiger partial charge is 0.175 e. The number of hydrogen-bond donors (Lipinski definition) is 2. The molecule has 112 valence electrons. The predicted octanol–water partition coefficient (Wildman–Crippen LogP) is 3.34. The van der Waals surface area contributed by atoms with Gasteiger partial charge >= 0.3 is 0 Å². The molecular formula is C15H20N4OS. The summed E-state index contributed by atoms with van der Waals surface area (Å²) in [5.41, 5.74) is 3.94. The SMILES string of the molecule is CCn1ncc(NC(=S)Nc2cc(C)ccc2OC)c1C. The fraction of sp³-hybridized carbons (Fsp3) is 0.333. The van der Waals surface area contributed by atoms with Gasteiger partial charge in [-0.05, 0) is 50.7 Å². The minimum Gasteiger partial charge on any atom is -0.495 e. The summed E-state index contributed by atoms with van der Waals surface area (Å²) in [5.74, 6) is 0.755. The zero-order valence-electron chi connectivity index (χ0n) is 12.7. The summed E-state index contributed by atoms with van der Waals surface area (Å²) >= 11 is 5.36. The van der Waals surface area contributed by atoms with Crippen LogP contribution < -0.4 is 15.4 Å². The van der Waals surface area contributed by atoms with Crippen molar-refractivity contribution in [2.24, 2.45) is 0 Å². The first-order chi connectivity index (χ1) is 10.0. The molecule has 2 N–H and O–H groups in total.